The maximum Gasteiger partial charge on any atom is 0.222 e. The Morgan fingerprint density at radius 2 is 2.22 bits per heavy atom. The fraction of sp³-hybridized carbons (Fsp3) is 0.632. The number of pyridine rings is 1. The molecule has 1 saturated heterocycles. The molecule has 1 fully saturated rings. The molecule has 0 radical (unpaired) electrons. The van der Waals surface area contributed by atoms with Crippen molar-refractivity contribution >= 4 is 35.8 Å². The number of halogens is 1. The number of carbonyl (C=O) groups excluding carboxylic acids is 1. The molecule has 0 spiro atoms. The number of carbonyl (C=O) groups is 1. The highest BCUT2D eigenvalue weighted by atomic mass is 127. The molecule has 8 heteroatoms. The number of likely N-dealkylation sites (tertiary alicyclic amines) is 1. The average Bonchev–Trinajstić information content (AvgIpc) is 3.07. The number of rotatable bonds is 10. The van der Waals surface area contributed by atoms with Gasteiger partial charge < -0.3 is 20.3 Å². The number of nitrogens with one attached hydrogen (secondary N) is 2. The topological polar surface area (TPSA) is 78.9 Å². The second-order valence-electron chi connectivity index (χ2n) is 6.28. The Morgan fingerprint density at radius 1 is 1.37 bits per heavy atom. The van der Waals surface area contributed by atoms with Gasteiger partial charge in [0.1, 0.15) is 0 Å². The lowest BCUT2D eigenvalue weighted by molar-refractivity contribution is -0.127. The van der Waals surface area contributed by atoms with Gasteiger partial charge in [0, 0.05) is 44.4 Å². The minimum absolute atomic E-state index is 0. The summed E-state index contributed by atoms with van der Waals surface area (Å²) in [7, 11) is 0. The van der Waals surface area contributed by atoms with Gasteiger partial charge in [-0.3, -0.25) is 4.79 Å². The quantitative estimate of drug-likeness (QED) is 0.229. The minimum Gasteiger partial charge on any atom is -0.477 e. The van der Waals surface area contributed by atoms with E-state index in [0.717, 1.165) is 57.0 Å². The van der Waals surface area contributed by atoms with E-state index >= 15 is 0 Å². The van der Waals surface area contributed by atoms with Crippen LogP contribution in [0.3, 0.4) is 0 Å². The Kier molecular flexibility index (Phi) is 11.8. The van der Waals surface area contributed by atoms with Gasteiger partial charge in [-0.15, -0.1) is 24.0 Å². The smallest absolute Gasteiger partial charge is 0.222 e. The van der Waals surface area contributed by atoms with Crippen LogP contribution in [0.2, 0.25) is 0 Å². The van der Waals surface area contributed by atoms with Crippen molar-refractivity contribution in [3.63, 3.8) is 0 Å². The van der Waals surface area contributed by atoms with Crippen LogP contribution in [-0.2, 0) is 11.3 Å². The first-order valence-electron chi connectivity index (χ1n) is 9.61. The van der Waals surface area contributed by atoms with Gasteiger partial charge in [-0.1, -0.05) is 13.0 Å². The molecule has 1 aromatic heterocycles. The second kappa shape index (κ2) is 13.6. The van der Waals surface area contributed by atoms with Crippen LogP contribution in [0.4, 0.5) is 0 Å². The third-order valence-corrected chi connectivity index (χ3v) is 4.11. The van der Waals surface area contributed by atoms with Gasteiger partial charge in [-0.05, 0) is 32.3 Å². The Labute approximate surface area is 179 Å². The SMILES string of the molecule is CCCOc1ncccc1CN=C(NCC)NCCCN1CCCC1=O.I. The third-order valence-electron chi connectivity index (χ3n) is 4.11. The van der Waals surface area contributed by atoms with Gasteiger partial charge in [0.15, 0.2) is 5.96 Å². The van der Waals surface area contributed by atoms with Crippen LogP contribution in [-0.4, -0.2) is 54.5 Å². The van der Waals surface area contributed by atoms with E-state index in [9.17, 15) is 4.79 Å². The van der Waals surface area contributed by atoms with Crippen LogP contribution < -0.4 is 15.4 Å². The zero-order valence-corrected chi connectivity index (χ0v) is 18.7. The highest BCUT2D eigenvalue weighted by Crippen LogP contribution is 2.15. The lowest BCUT2D eigenvalue weighted by Gasteiger charge is -2.16. The van der Waals surface area contributed by atoms with Crippen molar-refractivity contribution in [3.8, 4) is 5.88 Å². The number of aliphatic imine (C=N–C) groups is 1. The highest BCUT2D eigenvalue weighted by Gasteiger charge is 2.18. The monoisotopic (exact) mass is 489 g/mol. The van der Waals surface area contributed by atoms with Crippen molar-refractivity contribution in [3.05, 3.63) is 23.9 Å². The van der Waals surface area contributed by atoms with Crippen LogP contribution in [0.5, 0.6) is 5.88 Å². The molecule has 2 rings (SSSR count). The Morgan fingerprint density at radius 3 is 2.93 bits per heavy atom. The van der Waals surface area contributed by atoms with Crippen molar-refractivity contribution < 1.29 is 9.53 Å². The van der Waals surface area contributed by atoms with E-state index in [1.165, 1.54) is 0 Å². The zero-order chi connectivity index (χ0) is 18.6. The van der Waals surface area contributed by atoms with Crippen LogP contribution in [0.1, 0.15) is 45.1 Å². The number of amides is 1. The summed E-state index contributed by atoms with van der Waals surface area (Å²) < 4.78 is 5.69. The number of aromatic nitrogens is 1. The van der Waals surface area contributed by atoms with E-state index in [0.29, 0.717) is 25.5 Å². The first-order valence-corrected chi connectivity index (χ1v) is 9.61. The predicted molar refractivity (Wildman–Crippen MR) is 119 cm³/mol. The summed E-state index contributed by atoms with van der Waals surface area (Å²) in [5.74, 6) is 1.70. The maximum atomic E-state index is 11.6. The van der Waals surface area contributed by atoms with Crippen molar-refractivity contribution in [1.29, 1.82) is 0 Å². The van der Waals surface area contributed by atoms with Crippen LogP contribution >= 0.6 is 24.0 Å². The van der Waals surface area contributed by atoms with Crippen LogP contribution in [0.15, 0.2) is 23.3 Å². The first kappa shape index (κ1) is 23.5. The van der Waals surface area contributed by atoms with Crippen molar-refractivity contribution in [2.45, 2.75) is 46.1 Å². The van der Waals surface area contributed by atoms with E-state index < -0.39 is 0 Å². The molecular formula is C19H32IN5O2. The fourth-order valence-electron chi connectivity index (χ4n) is 2.80. The lowest BCUT2D eigenvalue weighted by Crippen LogP contribution is -2.39. The number of guanidine groups is 1. The van der Waals surface area contributed by atoms with E-state index in [1.54, 1.807) is 6.20 Å². The van der Waals surface area contributed by atoms with Crippen molar-refractivity contribution in [2.75, 3.05) is 32.8 Å². The van der Waals surface area contributed by atoms with Crippen molar-refractivity contribution in [1.82, 2.24) is 20.5 Å². The second-order valence-corrected chi connectivity index (χ2v) is 6.28. The molecule has 0 aromatic carbocycles. The molecule has 27 heavy (non-hydrogen) atoms. The van der Waals surface area contributed by atoms with Gasteiger partial charge in [-0.2, -0.15) is 0 Å². The molecular weight excluding hydrogens is 457 g/mol. The minimum atomic E-state index is 0. The molecule has 0 unspecified atom stereocenters. The fourth-order valence-corrected chi connectivity index (χ4v) is 2.80. The summed E-state index contributed by atoms with van der Waals surface area (Å²) in [5, 5.41) is 6.58. The summed E-state index contributed by atoms with van der Waals surface area (Å²) in [6.45, 7) is 8.56. The molecule has 1 amide bonds. The van der Waals surface area contributed by atoms with Gasteiger partial charge in [0.05, 0.1) is 13.2 Å². The molecule has 0 bridgehead atoms. The van der Waals surface area contributed by atoms with E-state index in [4.69, 9.17) is 4.74 Å². The molecule has 2 N–H and O–H groups in total. The standard InChI is InChI=1S/C19H31N5O2.HI/c1-3-14-26-18-16(8-5-10-21-18)15-23-19(20-4-2)22-11-7-13-24-12-6-9-17(24)25;/h5,8,10H,3-4,6-7,9,11-15H2,1-2H3,(H2,20,22,23);1H. The summed E-state index contributed by atoms with van der Waals surface area (Å²) in [6, 6.07) is 3.89. The van der Waals surface area contributed by atoms with Gasteiger partial charge in [-0.25, -0.2) is 9.98 Å². The van der Waals surface area contributed by atoms with E-state index in [1.807, 2.05) is 24.0 Å². The Balaban J connectivity index is 0.00000364. The van der Waals surface area contributed by atoms with Gasteiger partial charge in [0.25, 0.3) is 0 Å². The molecule has 2 heterocycles. The molecule has 7 nitrogen and oxygen atoms in total. The first-order chi connectivity index (χ1) is 12.7. The molecule has 1 aliphatic heterocycles. The van der Waals surface area contributed by atoms with Crippen LogP contribution in [0.25, 0.3) is 0 Å². The largest absolute Gasteiger partial charge is 0.477 e. The number of ether oxygens (including phenoxy) is 1. The lowest BCUT2D eigenvalue weighted by atomic mass is 10.3. The summed E-state index contributed by atoms with van der Waals surface area (Å²) in [4.78, 5) is 22.5. The molecule has 1 aromatic rings. The summed E-state index contributed by atoms with van der Waals surface area (Å²) >= 11 is 0. The summed E-state index contributed by atoms with van der Waals surface area (Å²) in [5.41, 5.74) is 0.973. The Hall–Kier alpha value is -1.58. The highest BCUT2D eigenvalue weighted by molar-refractivity contribution is 14.0. The van der Waals surface area contributed by atoms with E-state index in [2.05, 4.69) is 27.5 Å². The molecule has 0 aliphatic carbocycles. The zero-order valence-electron chi connectivity index (χ0n) is 16.4. The number of nitrogens with zero attached hydrogens (tertiary/aromatic N) is 3. The van der Waals surface area contributed by atoms with Crippen molar-refractivity contribution in [2.24, 2.45) is 4.99 Å². The van der Waals surface area contributed by atoms with E-state index in [-0.39, 0.29) is 29.9 Å². The predicted octanol–water partition coefficient (Wildman–Crippen LogP) is 2.56. The van der Waals surface area contributed by atoms with Gasteiger partial charge >= 0.3 is 0 Å². The van der Waals surface area contributed by atoms with Crippen LogP contribution in [0, 0.1) is 0 Å². The molecule has 0 saturated carbocycles. The molecule has 152 valence electrons. The van der Waals surface area contributed by atoms with Gasteiger partial charge in [0.2, 0.25) is 11.8 Å². The molecule has 1 aliphatic rings. The average molecular weight is 489 g/mol. The molecule has 0 atom stereocenters. The normalized spacial score (nSPS) is 14.1. The Bertz CT molecular complexity index is 597. The summed E-state index contributed by atoms with van der Waals surface area (Å²) in [6.07, 6.45) is 5.28. The number of hydrogen-bond donors (Lipinski definition) is 2. The maximum absolute atomic E-state index is 11.6. The number of hydrogen-bond acceptors (Lipinski definition) is 4. The third kappa shape index (κ3) is 8.32.